The minimum Gasteiger partial charge on any atom is -0.357 e. The summed E-state index contributed by atoms with van der Waals surface area (Å²) in [7, 11) is 0. The molecule has 1 N–H and O–H groups in total. The molecule has 0 aliphatic carbocycles. The highest BCUT2D eigenvalue weighted by Crippen LogP contribution is 2.16. The molecule has 0 unspecified atom stereocenters. The average Bonchev–Trinajstić information content (AvgIpc) is 2.29. The Morgan fingerprint density at radius 2 is 1.94 bits per heavy atom. The molecule has 1 aliphatic heterocycles. The van der Waals surface area contributed by atoms with Crippen molar-refractivity contribution >= 4 is 29.9 Å². The predicted octanol–water partition coefficient (Wildman–Crippen LogP) is 3.35. The van der Waals surface area contributed by atoms with Gasteiger partial charge in [-0.2, -0.15) is 0 Å². The molecule has 0 saturated carbocycles. The highest BCUT2D eigenvalue weighted by molar-refractivity contribution is 14.0. The molecule has 0 atom stereocenters. The maximum absolute atomic E-state index is 4.73. The molecule has 1 saturated heterocycles. The van der Waals surface area contributed by atoms with Crippen LogP contribution in [0, 0.1) is 11.8 Å². The average molecular weight is 367 g/mol. The van der Waals surface area contributed by atoms with Crippen molar-refractivity contribution in [3.8, 4) is 0 Å². The zero-order chi connectivity index (χ0) is 12.7. The lowest BCUT2D eigenvalue weighted by atomic mass is 10.00. The molecule has 1 rings (SSSR count). The molecule has 4 heteroatoms. The molecule has 1 fully saturated rings. The SMILES string of the molecule is CCNC(=NCCC(C)C)N1CCC(C)CC1.I. The third kappa shape index (κ3) is 6.81. The van der Waals surface area contributed by atoms with E-state index in [0.717, 1.165) is 44.0 Å². The molecule has 3 nitrogen and oxygen atoms in total. The van der Waals surface area contributed by atoms with Crippen molar-refractivity contribution in [2.24, 2.45) is 16.8 Å². The number of nitrogens with zero attached hydrogens (tertiary/aromatic N) is 2. The Kier molecular flexibility index (Phi) is 9.87. The van der Waals surface area contributed by atoms with E-state index in [0.29, 0.717) is 0 Å². The van der Waals surface area contributed by atoms with Gasteiger partial charge in [0, 0.05) is 26.2 Å². The first-order valence-corrected chi connectivity index (χ1v) is 7.16. The Balaban J connectivity index is 0.00000289. The predicted molar refractivity (Wildman–Crippen MR) is 90.8 cm³/mol. The molecule has 1 heterocycles. The van der Waals surface area contributed by atoms with Crippen molar-refractivity contribution in [1.82, 2.24) is 10.2 Å². The van der Waals surface area contributed by atoms with E-state index < -0.39 is 0 Å². The first kappa shape index (κ1) is 18.0. The summed E-state index contributed by atoms with van der Waals surface area (Å²) >= 11 is 0. The number of guanidine groups is 1. The van der Waals surface area contributed by atoms with Crippen LogP contribution in [0.4, 0.5) is 0 Å². The monoisotopic (exact) mass is 367 g/mol. The van der Waals surface area contributed by atoms with Gasteiger partial charge in [0.25, 0.3) is 0 Å². The Labute approximate surface area is 130 Å². The van der Waals surface area contributed by atoms with Crippen LogP contribution in [0.25, 0.3) is 0 Å². The molecule has 0 radical (unpaired) electrons. The number of nitrogens with one attached hydrogen (secondary N) is 1. The van der Waals surface area contributed by atoms with Crippen LogP contribution in [0.5, 0.6) is 0 Å². The standard InChI is InChI=1S/C14H29N3.HI/c1-5-15-14(16-9-6-12(2)3)17-10-7-13(4)8-11-17;/h12-13H,5-11H2,1-4H3,(H,15,16);1H. The number of aliphatic imine (C=N–C) groups is 1. The number of likely N-dealkylation sites (tertiary alicyclic amines) is 1. The van der Waals surface area contributed by atoms with Gasteiger partial charge < -0.3 is 10.2 Å². The number of piperidine rings is 1. The summed E-state index contributed by atoms with van der Waals surface area (Å²) in [5, 5.41) is 3.42. The normalized spacial score (nSPS) is 17.8. The second-order valence-electron chi connectivity index (χ2n) is 5.59. The van der Waals surface area contributed by atoms with E-state index >= 15 is 0 Å². The summed E-state index contributed by atoms with van der Waals surface area (Å²) in [5.41, 5.74) is 0. The van der Waals surface area contributed by atoms with Crippen LogP contribution in [0.1, 0.15) is 47.0 Å². The molecule has 0 aromatic rings. The van der Waals surface area contributed by atoms with Crippen LogP contribution < -0.4 is 5.32 Å². The smallest absolute Gasteiger partial charge is 0.193 e. The zero-order valence-electron chi connectivity index (χ0n) is 12.4. The maximum Gasteiger partial charge on any atom is 0.193 e. The summed E-state index contributed by atoms with van der Waals surface area (Å²) in [6, 6.07) is 0. The second kappa shape index (κ2) is 9.87. The minimum atomic E-state index is 0. The number of hydrogen-bond donors (Lipinski definition) is 1. The van der Waals surface area contributed by atoms with Crippen molar-refractivity contribution in [1.29, 1.82) is 0 Å². The number of halogens is 1. The van der Waals surface area contributed by atoms with Crippen LogP contribution in [0.3, 0.4) is 0 Å². The van der Waals surface area contributed by atoms with Crippen molar-refractivity contribution < 1.29 is 0 Å². The van der Waals surface area contributed by atoms with Crippen LogP contribution in [0.15, 0.2) is 4.99 Å². The van der Waals surface area contributed by atoms with Gasteiger partial charge in [0.2, 0.25) is 0 Å². The highest BCUT2D eigenvalue weighted by Gasteiger charge is 2.18. The van der Waals surface area contributed by atoms with Gasteiger partial charge in [0.1, 0.15) is 0 Å². The van der Waals surface area contributed by atoms with Crippen molar-refractivity contribution in [2.75, 3.05) is 26.2 Å². The molecular weight excluding hydrogens is 337 g/mol. The molecule has 0 aromatic heterocycles. The largest absolute Gasteiger partial charge is 0.357 e. The third-order valence-corrected chi connectivity index (χ3v) is 3.39. The molecule has 108 valence electrons. The molecular formula is C14H30IN3. The van der Waals surface area contributed by atoms with Crippen LogP contribution in [0.2, 0.25) is 0 Å². The summed E-state index contributed by atoms with van der Waals surface area (Å²) in [5.74, 6) is 2.74. The van der Waals surface area contributed by atoms with Gasteiger partial charge in [-0.05, 0) is 38.0 Å². The van der Waals surface area contributed by atoms with Gasteiger partial charge in [-0.15, -0.1) is 24.0 Å². The minimum absolute atomic E-state index is 0. The van der Waals surface area contributed by atoms with Gasteiger partial charge in [-0.1, -0.05) is 20.8 Å². The molecule has 1 aliphatic rings. The van der Waals surface area contributed by atoms with E-state index in [1.807, 2.05) is 0 Å². The molecule has 0 aromatic carbocycles. The first-order valence-electron chi connectivity index (χ1n) is 7.16. The lowest BCUT2D eigenvalue weighted by Crippen LogP contribution is -2.45. The summed E-state index contributed by atoms with van der Waals surface area (Å²) in [6.07, 6.45) is 3.78. The summed E-state index contributed by atoms with van der Waals surface area (Å²) < 4.78 is 0. The van der Waals surface area contributed by atoms with E-state index in [1.165, 1.54) is 19.3 Å². The molecule has 0 spiro atoms. The van der Waals surface area contributed by atoms with Gasteiger partial charge in [-0.3, -0.25) is 4.99 Å². The Morgan fingerprint density at radius 3 is 2.44 bits per heavy atom. The van der Waals surface area contributed by atoms with E-state index in [2.05, 4.69) is 37.9 Å². The fraction of sp³-hybridized carbons (Fsp3) is 0.929. The summed E-state index contributed by atoms with van der Waals surface area (Å²) in [4.78, 5) is 7.15. The molecule has 0 bridgehead atoms. The van der Waals surface area contributed by atoms with Gasteiger partial charge in [0.15, 0.2) is 5.96 Å². The lowest BCUT2D eigenvalue weighted by molar-refractivity contribution is 0.273. The van der Waals surface area contributed by atoms with Gasteiger partial charge >= 0.3 is 0 Å². The topological polar surface area (TPSA) is 27.6 Å². The van der Waals surface area contributed by atoms with Crippen molar-refractivity contribution in [2.45, 2.75) is 47.0 Å². The van der Waals surface area contributed by atoms with E-state index in [-0.39, 0.29) is 24.0 Å². The lowest BCUT2D eigenvalue weighted by Gasteiger charge is -2.33. The quantitative estimate of drug-likeness (QED) is 0.469. The highest BCUT2D eigenvalue weighted by atomic mass is 127. The molecule has 0 amide bonds. The van der Waals surface area contributed by atoms with E-state index in [9.17, 15) is 0 Å². The van der Waals surface area contributed by atoms with Crippen LogP contribution in [-0.2, 0) is 0 Å². The fourth-order valence-electron chi connectivity index (χ4n) is 2.07. The fourth-order valence-corrected chi connectivity index (χ4v) is 2.07. The van der Waals surface area contributed by atoms with Crippen molar-refractivity contribution in [3.05, 3.63) is 0 Å². The number of rotatable bonds is 4. The van der Waals surface area contributed by atoms with Gasteiger partial charge in [0.05, 0.1) is 0 Å². The summed E-state index contributed by atoms with van der Waals surface area (Å²) in [6.45, 7) is 13.2. The van der Waals surface area contributed by atoms with E-state index in [1.54, 1.807) is 0 Å². The Hall–Kier alpha value is 0. The Bertz CT molecular complexity index is 233. The Morgan fingerprint density at radius 1 is 1.33 bits per heavy atom. The van der Waals surface area contributed by atoms with Crippen LogP contribution >= 0.6 is 24.0 Å². The number of hydrogen-bond acceptors (Lipinski definition) is 1. The van der Waals surface area contributed by atoms with Crippen LogP contribution in [-0.4, -0.2) is 37.0 Å². The zero-order valence-corrected chi connectivity index (χ0v) is 14.7. The van der Waals surface area contributed by atoms with E-state index in [4.69, 9.17) is 4.99 Å². The molecule has 18 heavy (non-hydrogen) atoms. The van der Waals surface area contributed by atoms with Gasteiger partial charge in [-0.25, -0.2) is 0 Å². The van der Waals surface area contributed by atoms with Crippen molar-refractivity contribution in [3.63, 3.8) is 0 Å². The second-order valence-corrected chi connectivity index (χ2v) is 5.59. The first-order chi connectivity index (χ1) is 8.13. The third-order valence-electron chi connectivity index (χ3n) is 3.39. The maximum atomic E-state index is 4.73.